The summed E-state index contributed by atoms with van der Waals surface area (Å²) in [6.45, 7) is 3.99. The molecule has 16 heavy (non-hydrogen) atoms. The molecule has 1 aliphatic rings. The molecule has 1 saturated heterocycles. The van der Waals surface area contributed by atoms with Gasteiger partial charge >= 0.3 is 0 Å². The quantitative estimate of drug-likeness (QED) is 0.835. The van der Waals surface area contributed by atoms with Gasteiger partial charge in [0, 0.05) is 12.6 Å². The normalized spacial score (nSPS) is 18.6. The highest BCUT2D eigenvalue weighted by atomic mass is 16.5. The van der Waals surface area contributed by atoms with Crippen LogP contribution in [0, 0.1) is 0 Å². The lowest BCUT2D eigenvalue weighted by atomic mass is 10.1. The molecule has 0 aromatic heterocycles. The first-order valence-electron chi connectivity index (χ1n) is 6.00. The van der Waals surface area contributed by atoms with Gasteiger partial charge in [-0.25, -0.2) is 0 Å². The van der Waals surface area contributed by atoms with E-state index in [0.29, 0.717) is 6.04 Å². The van der Waals surface area contributed by atoms with E-state index in [1.165, 1.54) is 0 Å². The van der Waals surface area contributed by atoms with E-state index in [4.69, 9.17) is 10.5 Å². The first kappa shape index (κ1) is 11.4. The third kappa shape index (κ3) is 3.51. The standard InChI is InChI=1S/C13H20N2O/c14-12-6-8-15(9-7-12)10-11-16-13-4-2-1-3-5-13/h1-5,12H,6-11,14H2. The largest absolute Gasteiger partial charge is 0.492 e. The van der Waals surface area contributed by atoms with Crippen LogP contribution in [0.5, 0.6) is 5.75 Å². The molecule has 1 fully saturated rings. The average molecular weight is 220 g/mol. The van der Waals surface area contributed by atoms with Crippen LogP contribution in [0.25, 0.3) is 0 Å². The van der Waals surface area contributed by atoms with Gasteiger partial charge < -0.3 is 10.5 Å². The molecule has 0 amide bonds. The fraction of sp³-hybridized carbons (Fsp3) is 0.538. The number of ether oxygens (including phenoxy) is 1. The van der Waals surface area contributed by atoms with Gasteiger partial charge in [-0.3, -0.25) is 4.90 Å². The van der Waals surface area contributed by atoms with Crippen LogP contribution in [0.15, 0.2) is 30.3 Å². The number of likely N-dealkylation sites (tertiary alicyclic amines) is 1. The summed E-state index contributed by atoms with van der Waals surface area (Å²) in [6.07, 6.45) is 2.23. The van der Waals surface area contributed by atoms with Gasteiger partial charge in [-0.2, -0.15) is 0 Å². The number of para-hydroxylation sites is 1. The fourth-order valence-corrected chi connectivity index (χ4v) is 1.99. The zero-order valence-electron chi connectivity index (χ0n) is 9.64. The van der Waals surface area contributed by atoms with Crippen LogP contribution < -0.4 is 10.5 Å². The minimum absolute atomic E-state index is 0.409. The number of hydrogen-bond acceptors (Lipinski definition) is 3. The Bertz CT molecular complexity index is 294. The number of benzene rings is 1. The third-order valence-electron chi connectivity index (χ3n) is 3.05. The first-order valence-corrected chi connectivity index (χ1v) is 6.00. The Kier molecular flexibility index (Phi) is 4.19. The van der Waals surface area contributed by atoms with E-state index in [0.717, 1.165) is 44.8 Å². The number of nitrogens with zero attached hydrogens (tertiary/aromatic N) is 1. The summed E-state index contributed by atoms with van der Waals surface area (Å²) < 4.78 is 5.66. The molecule has 88 valence electrons. The van der Waals surface area contributed by atoms with Crippen LogP contribution in [0.1, 0.15) is 12.8 Å². The third-order valence-corrected chi connectivity index (χ3v) is 3.05. The minimum Gasteiger partial charge on any atom is -0.492 e. The second-order valence-corrected chi connectivity index (χ2v) is 4.34. The van der Waals surface area contributed by atoms with Crippen molar-refractivity contribution in [1.29, 1.82) is 0 Å². The van der Waals surface area contributed by atoms with Crippen molar-refractivity contribution in [2.75, 3.05) is 26.2 Å². The molecule has 0 radical (unpaired) electrons. The maximum atomic E-state index is 5.86. The molecule has 0 spiro atoms. The predicted molar refractivity (Wildman–Crippen MR) is 65.6 cm³/mol. The summed E-state index contributed by atoms with van der Waals surface area (Å²) in [5.74, 6) is 0.955. The highest BCUT2D eigenvalue weighted by Gasteiger charge is 2.15. The van der Waals surface area contributed by atoms with E-state index in [1.807, 2.05) is 30.3 Å². The average Bonchev–Trinajstić information content (AvgIpc) is 2.33. The van der Waals surface area contributed by atoms with Gasteiger partial charge in [-0.15, -0.1) is 0 Å². The molecule has 3 heteroatoms. The van der Waals surface area contributed by atoms with Gasteiger partial charge in [0.25, 0.3) is 0 Å². The SMILES string of the molecule is NC1CCN(CCOc2ccccc2)CC1. The molecule has 0 bridgehead atoms. The summed E-state index contributed by atoms with van der Waals surface area (Å²) in [6, 6.07) is 10.4. The van der Waals surface area contributed by atoms with Crippen LogP contribution in [-0.4, -0.2) is 37.2 Å². The first-order chi connectivity index (χ1) is 7.84. The molecule has 0 unspecified atom stereocenters. The Labute approximate surface area is 97.2 Å². The van der Waals surface area contributed by atoms with Crippen LogP contribution in [-0.2, 0) is 0 Å². The smallest absolute Gasteiger partial charge is 0.119 e. The molecular weight excluding hydrogens is 200 g/mol. The predicted octanol–water partition coefficient (Wildman–Crippen LogP) is 1.49. The van der Waals surface area contributed by atoms with Crippen LogP contribution in [0.2, 0.25) is 0 Å². The van der Waals surface area contributed by atoms with Crippen LogP contribution in [0.4, 0.5) is 0 Å². The van der Waals surface area contributed by atoms with Gasteiger partial charge in [0.15, 0.2) is 0 Å². The highest BCUT2D eigenvalue weighted by molar-refractivity contribution is 5.20. The summed E-state index contributed by atoms with van der Waals surface area (Å²) in [7, 11) is 0. The Balaban J connectivity index is 1.65. The molecule has 3 nitrogen and oxygen atoms in total. The summed E-state index contributed by atoms with van der Waals surface area (Å²) in [5.41, 5.74) is 5.86. The van der Waals surface area contributed by atoms with Gasteiger partial charge in [-0.1, -0.05) is 18.2 Å². The lowest BCUT2D eigenvalue weighted by Crippen LogP contribution is -2.41. The van der Waals surface area contributed by atoms with Crippen molar-refractivity contribution in [1.82, 2.24) is 4.90 Å². The van der Waals surface area contributed by atoms with E-state index >= 15 is 0 Å². The monoisotopic (exact) mass is 220 g/mol. The Hall–Kier alpha value is -1.06. The molecule has 0 atom stereocenters. The van der Waals surface area contributed by atoms with Crippen LogP contribution >= 0.6 is 0 Å². The van der Waals surface area contributed by atoms with E-state index in [-0.39, 0.29) is 0 Å². The second-order valence-electron chi connectivity index (χ2n) is 4.34. The van der Waals surface area contributed by atoms with Crippen molar-refractivity contribution in [2.24, 2.45) is 5.73 Å². The van der Waals surface area contributed by atoms with E-state index in [2.05, 4.69) is 4.90 Å². The van der Waals surface area contributed by atoms with Crippen molar-refractivity contribution < 1.29 is 4.74 Å². The molecule has 2 N–H and O–H groups in total. The zero-order chi connectivity index (χ0) is 11.2. The van der Waals surface area contributed by atoms with E-state index in [1.54, 1.807) is 0 Å². The lowest BCUT2D eigenvalue weighted by Gasteiger charge is -2.29. The van der Waals surface area contributed by atoms with Gasteiger partial charge in [0.1, 0.15) is 12.4 Å². The number of rotatable bonds is 4. The Morgan fingerprint density at radius 3 is 2.56 bits per heavy atom. The van der Waals surface area contributed by atoms with E-state index < -0.39 is 0 Å². The van der Waals surface area contributed by atoms with Gasteiger partial charge in [-0.05, 0) is 38.1 Å². The van der Waals surface area contributed by atoms with Crippen molar-refractivity contribution in [3.05, 3.63) is 30.3 Å². The molecule has 1 aliphatic heterocycles. The Morgan fingerprint density at radius 2 is 1.88 bits per heavy atom. The molecular formula is C13H20N2O. The van der Waals surface area contributed by atoms with Gasteiger partial charge in [0.2, 0.25) is 0 Å². The zero-order valence-corrected chi connectivity index (χ0v) is 9.64. The van der Waals surface area contributed by atoms with Gasteiger partial charge in [0.05, 0.1) is 0 Å². The van der Waals surface area contributed by atoms with Crippen molar-refractivity contribution in [3.8, 4) is 5.75 Å². The number of hydrogen-bond donors (Lipinski definition) is 1. The molecule has 2 rings (SSSR count). The topological polar surface area (TPSA) is 38.5 Å². The van der Waals surface area contributed by atoms with Crippen LogP contribution in [0.3, 0.4) is 0 Å². The number of piperidine rings is 1. The van der Waals surface area contributed by atoms with Crippen molar-refractivity contribution in [2.45, 2.75) is 18.9 Å². The summed E-state index contributed by atoms with van der Waals surface area (Å²) in [4.78, 5) is 2.42. The number of nitrogens with two attached hydrogens (primary N) is 1. The maximum Gasteiger partial charge on any atom is 0.119 e. The summed E-state index contributed by atoms with van der Waals surface area (Å²) >= 11 is 0. The highest BCUT2D eigenvalue weighted by Crippen LogP contribution is 2.10. The molecule has 0 aliphatic carbocycles. The summed E-state index contributed by atoms with van der Waals surface area (Å²) in [5, 5.41) is 0. The minimum atomic E-state index is 0.409. The maximum absolute atomic E-state index is 5.86. The molecule has 1 aromatic rings. The second kappa shape index (κ2) is 5.87. The lowest BCUT2D eigenvalue weighted by molar-refractivity contribution is 0.174. The molecule has 1 aromatic carbocycles. The van der Waals surface area contributed by atoms with Crippen molar-refractivity contribution >= 4 is 0 Å². The molecule has 1 heterocycles. The van der Waals surface area contributed by atoms with Crippen molar-refractivity contribution in [3.63, 3.8) is 0 Å². The Morgan fingerprint density at radius 1 is 1.19 bits per heavy atom. The fourth-order valence-electron chi connectivity index (χ4n) is 1.99. The van der Waals surface area contributed by atoms with E-state index in [9.17, 15) is 0 Å². The molecule has 0 saturated carbocycles.